The van der Waals surface area contributed by atoms with Gasteiger partial charge in [-0.1, -0.05) is 38.8 Å². The Hall–Kier alpha value is -1.12. The molecule has 1 aliphatic carbocycles. The molecule has 1 saturated heterocycles. The number of aliphatic carboxylic acids is 1. The van der Waals surface area contributed by atoms with Gasteiger partial charge in [-0.25, -0.2) is 0 Å². The first-order valence-electron chi connectivity index (χ1n) is 11.5. The van der Waals surface area contributed by atoms with Gasteiger partial charge in [-0.2, -0.15) is 13.2 Å². The van der Waals surface area contributed by atoms with E-state index in [9.17, 15) is 28.2 Å². The fourth-order valence-electron chi connectivity index (χ4n) is 5.18. The molecule has 0 aromatic heterocycles. The standard InChI is InChI=1S/C23H37F3O5/c1-3-4-5-19(23(24,25)26)20(28)9-8-17-15(13-27)11-21-18(17)12-16(31-21)7-6-14(2)10-22(29)30/h8-9,14-21,27-28H,3-7,10-13H2,1-2H3,(H,29,30)/t14?,15-,16-,17-,18+,19+,20+,21-/m0/s1. The monoisotopic (exact) mass is 450 g/mol. The molecule has 180 valence electrons. The van der Waals surface area contributed by atoms with Gasteiger partial charge >= 0.3 is 12.1 Å². The quantitative estimate of drug-likeness (QED) is 0.379. The maximum Gasteiger partial charge on any atom is 0.394 e. The van der Waals surface area contributed by atoms with E-state index in [2.05, 4.69) is 0 Å². The van der Waals surface area contributed by atoms with Gasteiger partial charge in [0.2, 0.25) is 0 Å². The Kier molecular flexibility index (Phi) is 9.83. The van der Waals surface area contributed by atoms with Crippen LogP contribution in [-0.2, 0) is 9.53 Å². The molecule has 1 unspecified atom stereocenters. The van der Waals surface area contributed by atoms with Crippen molar-refractivity contribution in [3.8, 4) is 0 Å². The third-order valence-electron chi connectivity index (χ3n) is 6.92. The molecule has 5 nitrogen and oxygen atoms in total. The summed E-state index contributed by atoms with van der Waals surface area (Å²) in [5, 5.41) is 28.9. The molecule has 8 heteroatoms. The van der Waals surface area contributed by atoms with Gasteiger partial charge in [-0.3, -0.25) is 4.79 Å². The third-order valence-corrected chi connectivity index (χ3v) is 6.92. The highest BCUT2D eigenvalue weighted by Gasteiger charge is 2.48. The van der Waals surface area contributed by atoms with Crippen LogP contribution in [0.4, 0.5) is 13.2 Å². The predicted octanol–water partition coefficient (Wildman–Crippen LogP) is 4.57. The van der Waals surface area contributed by atoms with Crippen LogP contribution in [-0.4, -0.2) is 52.4 Å². The van der Waals surface area contributed by atoms with E-state index in [0.29, 0.717) is 19.3 Å². The number of halogens is 3. The summed E-state index contributed by atoms with van der Waals surface area (Å²) in [7, 11) is 0. The maximum atomic E-state index is 13.3. The van der Waals surface area contributed by atoms with Crippen LogP contribution in [0.2, 0.25) is 0 Å². The summed E-state index contributed by atoms with van der Waals surface area (Å²) in [4.78, 5) is 10.8. The van der Waals surface area contributed by atoms with Crippen LogP contribution in [0.1, 0.15) is 65.2 Å². The van der Waals surface area contributed by atoms with Crippen molar-refractivity contribution in [1.82, 2.24) is 0 Å². The number of fused-ring (bicyclic) bond motifs is 1. The van der Waals surface area contributed by atoms with Crippen LogP contribution in [0.25, 0.3) is 0 Å². The Labute approximate surface area is 182 Å². The van der Waals surface area contributed by atoms with Crippen LogP contribution in [0, 0.1) is 29.6 Å². The molecule has 0 radical (unpaired) electrons. The Bertz CT molecular complexity index is 594. The zero-order valence-electron chi connectivity index (χ0n) is 18.4. The van der Waals surface area contributed by atoms with Crippen LogP contribution in [0.15, 0.2) is 12.2 Å². The number of carboxylic acids is 1. The Morgan fingerprint density at radius 2 is 1.97 bits per heavy atom. The first-order chi connectivity index (χ1) is 14.6. The molecule has 2 fully saturated rings. The lowest BCUT2D eigenvalue weighted by Gasteiger charge is -2.25. The van der Waals surface area contributed by atoms with E-state index < -0.39 is 24.2 Å². The highest BCUT2D eigenvalue weighted by molar-refractivity contribution is 5.66. The summed E-state index contributed by atoms with van der Waals surface area (Å²) >= 11 is 0. The second kappa shape index (κ2) is 11.7. The lowest BCUT2D eigenvalue weighted by Crippen LogP contribution is -2.33. The lowest BCUT2D eigenvalue weighted by atomic mass is 9.84. The van der Waals surface area contributed by atoms with E-state index in [4.69, 9.17) is 9.84 Å². The normalized spacial score (nSPS) is 31.6. The highest BCUT2D eigenvalue weighted by atomic mass is 19.4. The number of aliphatic hydroxyl groups is 2. The van der Waals surface area contributed by atoms with Crippen molar-refractivity contribution in [3.63, 3.8) is 0 Å². The maximum absolute atomic E-state index is 13.3. The molecule has 31 heavy (non-hydrogen) atoms. The van der Waals surface area contributed by atoms with Gasteiger partial charge in [0.25, 0.3) is 0 Å². The Morgan fingerprint density at radius 1 is 1.26 bits per heavy atom. The van der Waals surface area contributed by atoms with Gasteiger partial charge in [0.05, 0.1) is 24.2 Å². The highest BCUT2D eigenvalue weighted by Crippen LogP contribution is 2.48. The zero-order valence-corrected chi connectivity index (χ0v) is 18.4. The largest absolute Gasteiger partial charge is 0.481 e. The number of ether oxygens (including phenoxy) is 1. The van der Waals surface area contributed by atoms with Gasteiger partial charge in [0.15, 0.2) is 0 Å². The summed E-state index contributed by atoms with van der Waals surface area (Å²) in [5.41, 5.74) is 0. The number of hydrogen-bond donors (Lipinski definition) is 3. The van der Waals surface area contributed by atoms with Crippen LogP contribution >= 0.6 is 0 Å². The number of carboxylic acid groups (broad SMARTS) is 1. The molecule has 0 aromatic rings. The number of carbonyl (C=O) groups is 1. The van der Waals surface area contributed by atoms with Crippen LogP contribution < -0.4 is 0 Å². The van der Waals surface area contributed by atoms with Crippen molar-refractivity contribution in [2.24, 2.45) is 29.6 Å². The van der Waals surface area contributed by atoms with Crippen LogP contribution in [0.3, 0.4) is 0 Å². The van der Waals surface area contributed by atoms with E-state index >= 15 is 0 Å². The van der Waals surface area contributed by atoms with E-state index in [1.807, 2.05) is 13.8 Å². The molecule has 1 aliphatic heterocycles. The first-order valence-corrected chi connectivity index (χ1v) is 11.5. The van der Waals surface area contributed by atoms with Gasteiger partial charge in [-0.05, 0) is 55.8 Å². The molecule has 2 rings (SSSR count). The number of unbranched alkanes of at least 4 members (excludes halogenated alkanes) is 1. The molecule has 1 saturated carbocycles. The van der Waals surface area contributed by atoms with Gasteiger partial charge in [-0.15, -0.1) is 0 Å². The zero-order chi connectivity index (χ0) is 23.2. The SMILES string of the molecule is CCCC[C@H]([C@H](O)C=C[C@H]1[C@H](CO)C[C@@H]2O[C@@H](CCC(C)CC(=O)O)C[C@H]12)C(F)(F)F. The minimum Gasteiger partial charge on any atom is -0.481 e. The number of allylic oxidation sites excluding steroid dienone is 1. The minimum atomic E-state index is -4.46. The Morgan fingerprint density at radius 3 is 2.55 bits per heavy atom. The van der Waals surface area contributed by atoms with Crippen molar-refractivity contribution in [3.05, 3.63) is 12.2 Å². The molecular formula is C23H37F3O5. The van der Waals surface area contributed by atoms with E-state index in [1.165, 1.54) is 6.08 Å². The van der Waals surface area contributed by atoms with E-state index in [1.54, 1.807) is 6.08 Å². The fourth-order valence-corrected chi connectivity index (χ4v) is 5.18. The van der Waals surface area contributed by atoms with E-state index in [0.717, 1.165) is 19.3 Å². The molecule has 1 heterocycles. The van der Waals surface area contributed by atoms with Gasteiger partial charge in [0.1, 0.15) is 0 Å². The second-order valence-corrected chi connectivity index (χ2v) is 9.40. The van der Waals surface area contributed by atoms with Gasteiger partial charge < -0.3 is 20.1 Å². The van der Waals surface area contributed by atoms with Crippen molar-refractivity contribution in [1.29, 1.82) is 0 Å². The predicted molar refractivity (Wildman–Crippen MR) is 110 cm³/mol. The van der Waals surface area contributed by atoms with Crippen LogP contribution in [0.5, 0.6) is 0 Å². The van der Waals surface area contributed by atoms with Crippen molar-refractivity contribution in [2.75, 3.05) is 6.61 Å². The molecule has 0 amide bonds. The average Bonchev–Trinajstić information content (AvgIpc) is 3.20. The third kappa shape index (κ3) is 7.46. The molecular weight excluding hydrogens is 413 g/mol. The summed E-state index contributed by atoms with van der Waals surface area (Å²) in [6, 6.07) is 0. The summed E-state index contributed by atoms with van der Waals surface area (Å²) in [6.45, 7) is 3.65. The number of alkyl halides is 3. The molecule has 2 aliphatic rings. The molecule has 0 aromatic carbocycles. The minimum absolute atomic E-state index is 0.000751. The number of aliphatic hydroxyl groups excluding tert-OH is 2. The fraction of sp³-hybridized carbons (Fsp3) is 0.870. The average molecular weight is 451 g/mol. The number of rotatable bonds is 12. The molecule has 0 spiro atoms. The number of hydrogen-bond acceptors (Lipinski definition) is 4. The summed E-state index contributed by atoms with van der Waals surface area (Å²) in [5.74, 6) is -2.67. The van der Waals surface area contributed by atoms with Crippen molar-refractivity contribution in [2.45, 2.75) is 89.7 Å². The topological polar surface area (TPSA) is 87.0 Å². The van der Waals surface area contributed by atoms with E-state index in [-0.39, 0.29) is 55.3 Å². The molecule has 8 atom stereocenters. The summed E-state index contributed by atoms with van der Waals surface area (Å²) < 4.78 is 46.2. The lowest BCUT2D eigenvalue weighted by molar-refractivity contribution is -0.195. The molecule has 3 N–H and O–H groups in total. The molecule has 0 bridgehead atoms. The second-order valence-electron chi connectivity index (χ2n) is 9.40. The van der Waals surface area contributed by atoms with Crippen molar-refractivity contribution < 1.29 is 38.0 Å². The van der Waals surface area contributed by atoms with Gasteiger partial charge in [0, 0.05) is 13.0 Å². The smallest absolute Gasteiger partial charge is 0.394 e. The van der Waals surface area contributed by atoms with Crippen molar-refractivity contribution >= 4 is 5.97 Å². The Balaban J connectivity index is 1.98. The first kappa shape index (κ1) is 26.1. The summed E-state index contributed by atoms with van der Waals surface area (Å²) in [6.07, 6.45) is 0.746.